The van der Waals surface area contributed by atoms with Crippen molar-refractivity contribution in [2.75, 3.05) is 0 Å². The average molecular weight is 213 g/mol. The van der Waals surface area contributed by atoms with E-state index >= 15 is 0 Å². The largest absolute Gasteiger partial charge is 0.375 e. The number of hydrogen-bond donors (Lipinski definition) is 2. The highest BCUT2D eigenvalue weighted by atomic mass is 32.1. The SMILES string of the molecule is NC(=S)N/N=C/C(=O)C1CCCCC1. The summed E-state index contributed by atoms with van der Waals surface area (Å²) in [5.41, 5.74) is 7.53. The van der Waals surface area contributed by atoms with Crippen LogP contribution in [0.5, 0.6) is 0 Å². The molecule has 0 saturated heterocycles. The van der Waals surface area contributed by atoms with Gasteiger partial charge in [-0.25, -0.2) is 0 Å². The van der Waals surface area contributed by atoms with Gasteiger partial charge in [0.05, 0.1) is 6.21 Å². The molecule has 0 amide bonds. The molecule has 78 valence electrons. The minimum absolute atomic E-state index is 0.0773. The average Bonchev–Trinajstić information content (AvgIpc) is 2.18. The fourth-order valence-electron chi connectivity index (χ4n) is 1.65. The first-order valence-electron chi connectivity index (χ1n) is 4.82. The molecule has 0 bridgehead atoms. The Labute approximate surface area is 88.9 Å². The van der Waals surface area contributed by atoms with Crippen LogP contribution in [0, 0.1) is 5.92 Å². The van der Waals surface area contributed by atoms with E-state index in [9.17, 15) is 4.79 Å². The Hall–Kier alpha value is -0.970. The Kier molecular flexibility index (Phi) is 4.52. The van der Waals surface area contributed by atoms with Crippen molar-refractivity contribution in [1.29, 1.82) is 0 Å². The van der Waals surface area contributed by atoms with E-state index in [1.165, 1.54) is 12.6 Å². The molecule has 3 N–H and O–H groups in total. The van der Waals surface area contributed by atoms with Gasteiger partial charge in [0.25, 0.3) is 0 Å². The predicted octanol–water partition coefficient (Wildman–Crippen LogP) is 0.955. The van der Waals surface area contributed by atoms with Gasteiger partial charge in [-0.3, -0.25) is 10.2 Å². The standard InChI is InChI=1S/C9H15N3OS/c10-9(14)12-11-6-8(13)7-4-2-1-3-5-7/h6-7H,1-5H2,(H3,10,12,14)/b11-6+. The number of Topliss-reactive ketones (excluding diaryl/α,β-unsaturated/α-hetero) is 1. The molecule has 0 heterocycles. The highest BCUT2D eigenvalue weighted by Gasteiger charge is 2.19. The number of rotatable bonds is 3. The molecule has 0 unspecified atom stereocenters. The summed E-state index contributed by atoms with van der Waals surface area (Å²) in [6.45, 7) is 0. The molecule has 0 atom stereocenters. The summed E-state index contributed by atoms with van der Waals surface area (Å²) in [6.07, 6.45) is 6.79. The van der Waals surface area contributed by atoms with Crippen LogP contribution < -0.4 is 11.2 Å². The molecule has 0 aromatic heterocycles. The Bertz CT molecular complexity index is 246. The maximum absolute atomic E-state index is 11.5. The Balaban J connectivity index is 2.32. The van der Waals surface area contributed by atoms with E-state index in [1.54, 1.807) is 0 Å². The number of hydrogen-bond acceptors (Lipinski definition) is 3. The topological polar surface area (TPSA) is 67.5 Å². The van der Waals surface area contributed by atoms with Gasteiger partial charge in [-0.2, -0.15) is 5.10 Å². The summed E-state index contributed by atoms with van der Waals surface area (Å²) in [5, 5.41) is 3.74. The van der Waals surface area contributed by atoms with Crippen molar-refractivity contribution in [3.05, 3.63) is 0 Å². The molecule has 0 aromatic rings. The fraction of sp³-hybridized carbons (Fsp3) is 0.667. The molecule has 0 aliphatic heterocycles. The number of nitrogens with one attached hydrogen (secondary N) is 1. The molecule has 1 aliphatic rings. The zero-order chi connectivity index (χ0) is 10.4. The number of hydrazone groups is 1. The number of carbonyl (C=O) groups is 1. The van der Waals surface area contributed by atoms with Crippen LogP contribution in [0.15, 0.2) is 5.10 Å². The molecule has 4 nitrogen and oxygen atoms in total. The molecule has 14 heavy (non-hydrogen) atoms. The van der Waals surface area contributed by atoms with Crippen molar-refractivity contribution in [1.82, 2.24) is 5.43 Å². The zero-order valence-electron chi connectivity index (χ0n) is 8.03. The summed E-state index contributed by atoms with van der Waals surface area (Å²) < 4.78 is 0. The van der Waals surface area contributed by atoms with Crippen molar-refractivity contribution >= 4 is 29.3 Å². The quantitative estimate of drug-likeness (QED) is 0.416. The summed E-state index contributed by atoms with van der Waals surface area (Å²) >= 11 is 4.55. The van der Waals surface area contributed by atoms with Gasteiger partial charge in [-0.05, 0) is 25.1 Å². The molecule has 1 saturated carbocycles. The van der Waals surface area contributed by atoms with Crippen molar-refractivity contribution in [3.63, 3.8) is 0 Å². The van der Waals surface area contributed by atoms with Crippen LogP contribution in [0.4, 0.5) is 0 Å². The summed E-state index contributed by atoms with van der Waals surface area (Å²) in [7, 11) is 0. The van der Waals surface area contributed by atoms with E-state index in [0.717, 1.165) is 25.7 Å². The molecule has 1 fully saturated rings. The monoisotopic (exact) mass is 213 g/mol. The van der Waals surface area contributed by atoms with Gasteiger partial charge >= 0.3 is 0 Å². The smallest absolute Gasteiger partial charge is 0.184 e. The van der Waals surface area contributed by atoms with Crippen LogP contribution in [0.1, 0.15) is 32.1 Å². The summed E-state index contributed by atoms with van der Waals surface area (Å²) in [6, 6.07) is 0. The van der Waals surface area contributed by atoms with E-state index in [2.05, 4.69) is 22.7 Å². The van der Waals surface area contributed by atoms with Crippen LogP contribution in [-0.2, 0) is 4.79 Å². The van der Waals surface area contributed by atoms with Crippen molar-refractivity contribution in [3.8, 4) is 0 Å². The number of nitrogens with zero attached hydrogens (tertiary/aromatic N) is 1. The van der Waals surface area contributed by atoms with E-state index in [4.69, 9.17) is 5.73 Å². The van der Waals surface area contributed by atoms with Crippen LogP contribution in [-0.4, -0.2) is 17.1 Å². The first-order valence-corrected chi connectivity index (χ1v) is 5.23. The lowest BCUT2D eigenvalue weighted by Gasteiger charge is -2.17. The summed E-state index contributed by atoms with van der Waals surface area (Å²) in [4.78, 5) is 11.5. The van der Waals surface area contributed by atoms with Gasteiger partial charge in [-0.1, -0.05) is 19.3 Å². The van der Waals surface area contributed by atoms with Crippen molar-refractivity contribution < 1.29 is 4.79 Å². The van der Waals surface area contributed by atoms with E-state index in [1.807, 2.05) is 0 Å². The second-order valence-corrected chi connectivity index (χ2v) is 3.91. The molecular formula is C9H15N3OS. The maximum atomic E-state index is 11.5. The first kappa shape index (κ1) is 11.1. The highest BCUT2D eigenvalue weighted by molar-refractivity contribution is 7.80. The Morgan fingerprint density at radius 2 is 2.07 bits per heavy atom. The molecule has 0 spiro atoms. The minimum Gasteiger partial charge on any atom is -0.375 e. The van der Waals surface area contributed by atoms with Gasteiger partial charge in [0.2, 0.25) is 0 Å². The van der Waals surface area contributed by atoms with Crippen LogP contribution in [0.2, 0.25) is 0 Å². The van der Waals surface area contributed by atoms with Gasteiger partial charge in [0.1, 0.15) is 0 Å². The van der Waals surface area contributed by atoms with Gasteiger partial charge < -0.3 is 5.73 Å². The first-order chi connectivity index (χ1) is 6.70. The minimum atomic E-state index is 0.0773. The van der Waals surface area contributed by atoms with E-state index in [0.29, 0.717) is 0 Å². The lowest BCUT2D eigenvalue weighted by Crippen LogP contribution is -2.26. The highest BCUT2D eigenvalue weighted by Crippen LogP contribution is 2.23. The Morgan fingerprint density at radius 3 is 2.64 bits per heavy atom. The van der Waals surface area contributed by atoms with Gasteiger partial charge in [0, 0.05) is 5.92 Å². The predicted molar refractivity (Wildman–Crippen MR) is 60.0 cm³/mol. The third kappa shape index (κ3) is 3.83. The molecule has 1 rings (SSSR count). The Morgan fingerprint density at radius 1 is 1.43 bits per heavy atom. The number of nitrogens with two attached hydrogens (primary N) is 1. The lowest BCUT2D eigenvalue weighted by molar-refractivity contribution is -0.116. The van der Waals surface area contributed by atoms with E-state index < -0.39 is 0 Å². The van der Waals surface area contributed by atoms with Crippen LogP contribution in [0.25, 0.3) is 0 Å². The summed E-state index contributed by atoms with van der Waals surface area (Å²) in [5.74, 6) is 0.231. The number of carbonyl (C=O) groups excluding carboxylic acids is 1. The van der Waals surface area contributed by atoms with Gasteiger partial charge in [-0.15, -0.1) is 0 Å². The normalized spacial score (nSPS) is 18.3. The lowest BCUT2D eigenvalue weighted by atomic mass is 9.87. The number of ketones is 1. The van der Waals surface area contributed by atoms with Crippen molar-refractivity contribution in [2.45, 2.75) is 32.1 Å². The van der Waals surface area contributed by atoms with Gasteiger partial charge in [0.15, 0.2) is 10.9 Å². The van der Waals surface area contributed by atoms with E-state index in [-0.39, 0.29) is 16.8 Å². The third-order valence-electron chi connectivity index (χ3n) is 2.37. The molecule has 5 heteroatoms. The zero-order valence-corrected chi connectivity index (χ0v) is 8.85. The van der Waals surface area contributed by atoms with Crippen LogP contribution in [0.3, 0.4) is 0 Å². The molecular weight excluding hydrogens is 198 g/mol. The molecule has 1 aliphatic carbocycles. The van der Waals surface area contributed by atoms with Crippen molar-refractivity contribution in [2.24, 2.45) is 16.8 Å². The second-order valence-electron chi connectivity index (χ2n) is 3.47. The van der Waals surface area contributed by atoms with Crippen LogP contribution >= 0.6 is 12.2 Å². The third-order valence-corrected chi connectivity index (χ3v) is 2.47. The maximum Gasteiger partial charge on any atom is 0.184 e. The molecule has 0 aromatic carbocycles. The molecule has 0 radical (unpaired) electrons. The fourth-order valence-corrected chi connectivity index (χ4v) is 1.70. The number of thiocarbonyl (C=S) groups is 1. The second kappa shape index (κ2) is 5.70.